The molecule has 0 N–H and O–H groups in total. The lowest BCUT2D eigenvalue weighted by Crippen LogP contribution is -2.56. The van der Waals surface area contributed by atoms with Crippen molar-refractivity contribution in [2.45, 2.75) is 39.0 Å². The Bertz CT molecular complexity index is 606. The number of nitrogens with zero attached hydrogens (tertiary/aromatic N) is 8. The fourth-order valence-electron chi connectivity index (χ4n) is 3.20. The van der Waals surface area contributed by atoms with Gasteiger partial charge in [-0.25, -0.2) is 9.97 Å². The van der Waals surface area contributed by atoms with Crippen LogP contribution in [0, 0.1) is 0 Å². The Labute approximate surface area is 130 Å². The molecule has 8 heteroatoms. The van der Waals surface area contributed by atoms with Gasteiger partial charge in [-0.05, 0) is 13.8 Å². The van der Waals surface area contributed by atoms with Crippen molar-refractivity contribution < 1.29 is 0 Å². The first-order valence-electron chi connectivity index (χ1n) is 7.68. The molecule has 0 saturated carbocycles. The average molecular weight is 304 g/mol. The van der Waals surface area contributed by atoms with Gasteiger partial charge in [-0.2, -0.15) is 10.2 Å². The monoisotopic (exact) mass is 304 g/mol. The Morgan fingerprint density at radius 2 is 1.41 bits per heavy atom. The van der Waals surface area contributed by atoms with Crippen LogP contribution < -0.4 is 0 Å². The van der Waals surface area contributed by atoms with E-state index in [2.05, 4.69) is 43.8 Å². The number of piperazine rings is 1. The molecule has 3 heterocycles. The molecule has 0 radical (unpaired) electrons. The summed E-state index contributed by atoms with van der Waals surface area (Å²) in [4.78, 5) is 13.6. The molecule has 0 bridgehead atoms. The highest BCUT2D eigenvalue weighted by atomic mass is 15.4. The average Bonchev–Trinajstić information content (AvgIpc) is 3.04. The third-order valence-corrected chi connectivity index (χ3v) is 4.48. The summed E-state index contributed by atoms with van der Waals surface area (Å²) in [6, 6.07) is 0.933. The van der Waals surface area contributed by atoms with Crippen molar-refractivity contribution in [2.75, 3.05) is 13.1 Å². The number of hydrogen-bond donors (Lipinski definition) is 0. The first kappa shape index (κ1) is 15.1. The highest BCUT2D eigenvalue weighted by Gasteiger charge is 2.30. The van der Waals surface area contributed by atoms with Gasteiger partial charge in [0, 0.05) is 39.3 Å². The van der Waals surface area contributed by atoms with Crippen LogP contribution in [0.4, 0.5) is 0 Å². The molecule has 0 spiro atoms. The van der Waals surface area contributed by atoms with E-state index < -0.39 is 0 Å². The fraction of sp³-hybridized carbons (Fsp3) is 0.714. The summed E-state index contributed by atoms with van der Waals surface area (Å²) in [5, 5.41) is 8.30. The van der Waals surface area contributed by atoms with Gasteiger partial charge >= 0.3 is 0 Å². The molecule has 0 aromatic carbocycles. The van der Waals surface area contributed by atoms with Crippen molar-refractivity contribution in [1.82, 2.24) is 39.3 Å². The third kappa shape index (κ3) is 3.02. The van der Waals surface area contributed by atoms with Gasteiger partial charge in [0.05, 0.1) is 13.1 Å². The quantitative estimate of drug-likeness (QED) is 0.794. The normalized spacial score (nSPS) is 24.0. The van der Waals surface area contributed by atoms with Gasteiger partial charge < -0.3 is 0 Å². The van der Waals surface area contributed by atoms with Crippen LogP contribution in [-0.4, -0.2) is 64.5 Å². The summed E-state index contributed by atoms with van der Waals surface area (Å²) < 4.78 is 3.70. The van der Waals surface area contributed by atoms with Crippen LogP contribution in [0.2, 0.25) is 0 Å². The van der Waals surface area contributed by atoms with Crippen LogP contribution in [0.1, 0.15) is 25.5 Å². The molecule has 2 aromatic rings. The standard InChI is InChI=1S/C14H24N8/c1-11-5-21(7-13-15-9-17-19(13)3)6-12(2)22(11)8-14-16-10-18-20(14)4/h9-12H,5-8H2,1-4H3/t11-,12+. The van der Waals surface area contributed by atoms with E-state index in [1.807, 2.05) is 23.5 Å². The molecular weight excluding hydrogens is 280 g/mol. The van der Waals surface area contributed by atoms with Gasteiger partial charge in [-0.1, -0.05) is 0 Å². The van der Waals surface area contributed by atoms with Crippen LogP contribution in [0.15, 0.2) is 12.7 Å². The maximum Gasteiger partial charge on any atom is 0.140 e. The maximum absolute atomic E-state index is 4.35. The van der Waals surface area contributed by atoms with Crippen LogP contribution in [-0.2, 0) is 27.2 Å². The van der Waals surface area contributed by atoms with Crippen molar-refractivity contribution in [3.63, 3.8) is 0 Å². The van der Waals surface area contributed by atoms with E-state index in [1.165, 1.54) is 0 Å². The molecule has 22 heavy (non-hydrogen) atoms. The first-order chi connectivity index (χ1) is 10.5. The van der Waals surface area contributed by atoms with Crippen molar-refractivity contribution in [3.8, 4) is 0 Å². The summed E-state index contributed by atoms with van der Waals surface area (Å²) in [6.07, 6.45) is 3.24. The molecule has 1 saturated heterocycles. The molecule has 1 fully saturated rings. The fourth-order valence-corrected chi connectivity index (χ4v) is 3.20. The zero-order chi connectivity index (χ0) is 15.7. The Balaban J connectivity index is 1.64. The Hall–Kier alpha value is -1.80. The van der Waals surface area contributed by atoms with Crippen LogP contribution >= 0.6 is 0 Å². The van der Waals surface area contributed by atoms with Gasteiger partial charge in [0.2, 0.25) is 0 Å². The van der Waals surface area contributed by atoms with Crippen LogP contribution in [0.3, 0.4) is 0 Å². The molecule has 8 nitrogen and oxygen atoms in total. The zero-order valence-corrected chi connectivity index (χ0v) is 13.7. The Morgan fingerprint density at radius 1 is 0.909 bits per heavy atom. The topological polar surface area (TPSA) is 67.9 Å². The minimum atomic E-state index is 0.466. The molecule has 1 aliphatic heterocycles. The number of aromatic nitrogens is 6. The molecular formula is C14H24N8. The van der Waals surface area contributed by atoms with Crippen LogP contribution in [0.5, 0.6) is 0 Å². The largest absolute Gasteiger partial charge is 0.293 e. The van der Waals surface area contributed by atoms with E-state index in [0.29, 0.717) is 12.1 Å². The van der Waals surface area contributed by atoms with E-state index in [0.717, 1.165) is 37.8 Å². The molecule has 0 amide bonds. The summed E-state index contributed by atoms with van der Waals surface area (Å²) in [7, 11) is 3.89. The third-order valence-electron chi connectivity index (χ3n) is 4.48. The summed E-state index contributed by atoms with van der Waals surface area (Å²) in [5.41, 5.74) is 0. The predicted octanol–water partition coefficient (Wildman–Crippen LogP) is 0.0384. The van der Waals surface area contributed by atoms with Gasteiger partial charge in [-0.15, -0.1) is 0 Å². The Kier molecular flexibility index (Phi) is 4.21. The van der Waals surface area contributed by atoms with E-state index in [9.17, 15) is 0 Å². The lowest BCUT2D eigenvalue weighted by molar-refractivity contribution is 0.0249. The van der Waals surface area contributed by atoms with Gasteiger partial charge in [0.1, 0.15) is 24.3 Å². The maximum atomic E-state index is 4.35. The lowest BCUT2D eigenvalue weighted by atomic mass is 10.1. The molecule has 2 atom stereocenters. The molecule has 3 rings (SSSR count). The minimum absolute atomic E-state index is 0.466. The second kappa shape index (κ2) is 6.13. The Morgan fingerprint density at radius 3 is 1.86 bits per heavy atom. The van der Waals surface area contributed by atoms with Crippen molar-refractivity contribution in [3.05, 3.63) is 24.3 Å². The molecule has 120 valence electrons. The number of aryl methyl sites for hydroxylation is 2. The van der Waals surface area contributed by atoms with Gasteiger partial charge in [-0.3, -0.25) is 19.2 Å². The van der Waals surface area contributed by atoms with E-state index in [-0.39, 0.29) is 0 Å². The van der Waals surface area contributed by atoms with Crippen molar-refractivity contribution >= 4 is 0 Å². The van der Waals surface area contributed by atoms with Crippen LogP contribution in [0.25, 0.3) is 0 Å². The SMILES string of the molecule is C[C@@H]1CN(Cc2ncnn2C)C[C@H](C)N1Cc1ncnn1C. The lowest BCUT2D eigenvalue weighted by Gasteiger charge is -2.44. The van der Waals surface area contributed by atoms with E-state index in [1.54, 1.807) is 12.7 Å². The predicted molar refractivity (Wildman–Crippen MR) is 81.8 cm³/mol. The minimum Gasteiger partial charge on any atom is -0.293 e. The number of hydrogen-bond acceptors (Lipinski definition) is 6. The first-order valence-corrected chi connectivity index (χ1v) is 7.68. The van der Waals surface area contributed by atoms with E-state index in [4.69, 9.17) is 0 Å². The molecule has 0 aliphatic carbocycles. The second-order valence-corrected chi connectivity index (χ2v) is 6.16. The van der Waals surface area contributed by atoms with Crippen molar-refractivity contribution in [1.29, 1.82) is 0 Å². The molecule has 0 unspecified atom stereocenters. The van der Waals surface area contributed by atoms with Gasteiger partial charge in [0.15, 0.2) is 0 Å². The van der Waals surface area contributed by atoms with E-state index >= 15 is 0 Å². The summed E-state index contributed by atoms with van der Waals surface area (Å²) in [6.45, 7) is 8.29. The van der Waals surface area contributed by atoms with Crippen molar-refractivity contribution in [2.24, 2.45) is 14.1 Å². The molecule has 1 aliphatic rings. The molecule has 2 aromatic heterocycles. The summed E-state index contributed by atoms with van der Waals surface area (Å²) >= 11 is 0. The zero-order valence-electron chi connectivity index (χ0n) is 13.7. The highest BCUT2D eigenvalue weighted by molar-refractivity contribution is 4.93. The highest BCUT2D eigenvalue weighted by Crippen LogP contribution is 2.19. The summed E-state index contributed by atoms with van der Waals surface area (Å²) in [5.74, 6) is 2.03. The smallest absolute Gasteiger partial charge is 0.140 e. The van der Waals surface area contributed by atoms with Gasteiger partial charge in [0.25, 0.3) is 0 Å². The second-order valence-electron chi connectivity index (χ2n) is 6.16. The number of rotatable bonds is 4.